The van der Waals surface area contributed by atoms with Gasteiger partial charge in [0.05, 0.1) is 5.69 Å². The van der Waals surface area contributed by atoms with Gasteiger partial charge in [-0.3, -0.25) is 0 Å². The van der Waals surface area contributed by atoms with E-state index in [2.05, 4.69) is 16.3 Å². The van der Waals surface area contributed by atoms with Crippen molar-refractivity contribution in [2.24, 2.45) is 0 Å². The first-order valence-electron chi connectivity index (χ1n) is 10.0. The van der Waals surface area contributed by atoms with Gasteiger partial charge in [0.15, 0.2) is 0 Å². The van der Waals surface area contributed by atoms with Crippen molar-refractivity contribution >= 4 is 11.0 Å². The molecule has 0 bridgehead atoms. The van der Waals surface area contributed by atoms with Gasteiger partial charge < -0.3 is 5.11 Å². The van der Waals surface area contributed by atoms with Crippen LogP contribution < -0.4 is 0 Å². The highest BCUT2D eigenvalue weighted by Gasteiger charge is 2.22. The molecule has 3 aromatic carbocycles. The molecule has 0 atom stereocenters. The maximum atomic E-state index is 11.2. The van der Waals surface area contributed by atoms with Gasteiger partial charge in [0.1, 0.15) is 16.8 Å². The molecule has 1 fully saturated rings. The van der Waals surface area contributed by atoms with E-state index in [4.69, 9.17) is 0 Å². The number of aromatic nitrogens is 3. The molecule has 0 saturated heterocycles. The number of phenolic OH excluding ortho intramolecular Hbond substituents is 1. The molecule has 4 nitrogen and oxygen atoms in total. The van der Waals surface area contributed by atoms with Crippen molar-refractivity contribution in [1.82, 2.24) is 15.0 Å². The highest BCUT2D eigenvalue weighted by atomic mass is 16.3. The Morgan fingerprint density at radius 1 is 0.786 bits per heavy atom. The lowest BCUT2D eigenvalue weighted by Gasteiger charge is -2.24. The molecule has 0 spiro atoms. The minimum atomic E-state index is 0.390. The van der Waals surface area contributed by atoms with E-state index in [1.54, 1.807) is 4.80 Å². The number of hydrogen-bond acceptors (Lipinski definition) is 3. The van der Waals surface area contributed by atoms with Gasteiger partial charge in [-0.05, 0) is 54.2 Å². The fourth-order valence-electron chi connectivity index (χ4n) is 4.29. The zero-order valence-electron chi connectivity index (χ0n) is 15.8. The van der Waals surface area contributed by atoms with Crippen LogP contribution in [0.2, 0.25) is 0 Å². The van der Waals surface area contributed by atoms with Crippen molar-refractivity contribution in [3.63, 3.8) is 0 Å². The number of hydrogen-bond donors (Lipinski definition) is 1. The van der Waals surface area contributed by atoms with Crippen LogP contribution in [-0.2, 0) is 0 Å². The van der Waals surface area contributed by atoms with E-state index in [1.165, 1.54) is 19.3 Å². The second-order valence-electron chi connectivity index (χ2n) is 7.61. The molecule has 1 saturated carbocycles. The van der Waals surface area contributed by atoms with E-state index in [1.807, 2.05) is 60.7 Å². The second kappa shape index (κ2) is 7.12. The normalized spacial score (nSPS) is 15.1. The highest BCUT2D eigenvalue weighted by Crippen LogP contribution is 2.43. The molecule has 1 N–H and O–H groups in total. The van der Waals surface area contributed by atoms with Crippen LogP contribution in [0.5, 0.6) is 5.75 Å². The summed E-state index contributed by atoms with van der Waals surface area (Å²) in [5.41, 5.74) is 5.52. The number of rotatable bonds is 3. The van der Waals surface area contributed by atoms with E-state index >= 15 is 0 Å². The second-order valence-corrected chi connectivity index (χ2v) is 7.61. The zero-order chi connectivity index (χ0) is 18.9. The maximum Gasteiger partial charge on any atom is 0.127 e. The Bertz CT molecular complexity index is 1080. The molecule has 0 aliphatic heterocycles. The first-order valence-corrected chi connectivity index (χ1v) is 10.0. The number of nitrogens with zero attached hydrogens (tertiary/aromatic N) is 3. The van der Waals surface area contributed by atoms with Crippen molar-refractivity contribution in [2.45, 2.75) is 38.0 Å². The monoisotopic (exact) mass is 369 g/mol. The van der Waals surface area contributed by atoms with Crippen LogP contribution in [0.15, 0.2) is 66.7 Å². The van der Waals surface area contributed by atoms with Gasteiger partial charge in [0.2, 0.25) is 0 Å². The van der Waals surface area contributed by atoms with Crippen LogP contribution >= 0.6 is 0 Å². The zero-order valence-corrected chi connectivity index (χ0v) is 15.8. The topological polar surface area (TPSA) is 50.9 Å². The summed E-state index contributed by atoms with van der Waals surface area (Å²) in [6, 6.07) is 22.0. The predicted molar refractivity (Wildman–Crippen MR) is 112 cm³/mol. The van der Waals surface area contributed by atoms with Crippen molar-refractivity contribution < 1.29 is 5.11 Å². The summed E-state index contributed by atoms with van der Waals surface area (Å²) in [6.45, 7) is 0. The fourth-order valence-corrected chi connectivity index (χ4v) is 4.29. The first kappa shape index (κ1) is 17.0. The molecule has 5 rings (SSSR count). The summed E-state index contributed by atoms with van der Waals surface area (Å²) in [7, 11) is 0. The predicted octanol–water partition coefficient (Wildman–Crippen LogP) is 5.84. The summed E-state index contributed by atoms with van der Waals surface area (Å²) in [5.74, 6) is 0.791. The standard InChI is InChI=1S/C24H23N3O/c28-24-20(17-9-3-1-4-10-17)15-19(16-21(24)18-11-5-2-6-12-18)27-25-22-13-7-8-14-23(22)26-27/h1,3-4,7-10,13-16,18,28H,2,5-6,11-12H2. The molecule has 1 heterocycles. The van der Waals surface area contributed by atoms with Gasteiger partial charge in [-0.15, -0.1) is 10.2 Å². The summed E-state index contributed by atoms with van der Waals surface area (Å²) in [4.78, 5) is 1.70. The Balaban J connectivity index is 1.69. The smallest absolute Gasteiger partial charge is 0.127 e. The molecule has 0 unspecified atom stereocenters. The van der Waals surface area contributed by atoms with Crippen LogP contribution in [0.3, 0.4) is 0 Å². The Labute approximate surface area is 164 Å². The molecule has 140 valence electrons. The molecular formula is C24H23N3O. The third-order valence-electron chi connectivity index (χ3n) is 5.77. The van der Waals surface area contributed by atoms with Crippen LogP contribution in [-0.4, -0.2) is 20.1 Å². The van der Waals surface area contributed by atoms with E-state index in [-0.39, 0.29) is 0 Å². The third kappa shape index (κ3) is 3.05. The van der Waals surface area contributed by atoms with Gasteiger partial charge in [-0.2, -0.15) is 4.80 Å². The Morgan fingerprint density at radius 3 is 2.11 bits per heavy atom. The molecule has 1 aromatic heterocycles. The molecule has 0 amide bonds. The number of benzene rings is 3. The quantitative estimate of drug-likeness (QED) is 0.493. The van der Waals surface area contributed by atoms with Crippen molar-refractivity contribution in [2.75, 3.05) is 0 Å². The Kier molecular flexibility index (Phi) is 4.32. The lowest BCUT2D eigenvalue weighted by atomic mass is 9.82. The molecular weight excluding hydrogens is 346 g/mol. The first-order chi connectivity index (χ1) is 13.8. The molecule has 28 heavy (non-hydrogen) atoms. The van der Waals surface area contributed by atoms with Gasteiger partial charge in [-0.1, -0.05) is 61.7 Å². The van der Waals surface area contributed by atoms with Gasteiger partial charge in [-0.25, -0.2) is 0 Å². The molecule has 1 aliphatic rings. The molecule has 4 heteroatoms. The van der Waals surface area contributed by atoms with E-state index in [9.17, 15) is 5.11 Å². The summed E-state index contributed by atoms with van der Waals surface area (Å²) in [6.07, 6.45) is 5.98. The van der Waals surface area contributed by atoms with Crippen LogP contribution in [0.1, 0.15) is 43.6 Å². The SMILES string of the molecule is Oc1c(-c2ccccc2)cc(-n2nc3ccccc3n2)cc1C1CCCCC1. The fraction of sp³-hybridized carbons (Fsp3) is 0.250. The number of fused-ring (bicyclic) bond motifs is 1. The van der Waals surface area contributed by atoms with Crippen molar-refractivity contribution in [1.29, 1.82) is 0 Å². The minimum Gasteiger partial charge on any atom is -0.507 e. The maximum absolute atomic E-state index is 11.2. The average Bonchev–Trinajstić information content (AvgIpc) is 3.19. The van der Waals surface area contributed by atoms with Gasteiger partial charge in [0, 0.05) is 5.56 Å². The van der Waals surface area contributed by atoms with E-state index in [0.29, 0.717) is 11.7 Å². The lowest BCUT2D eigenvalue weighted by molar-refractivity contribution is 0.415. The Hall–Kier alpha value is -3.14. The van der Waals surface area contributed by atoms with E-state index < -0.39 is 0 Å². The molecule has 1 aliphatic carbocycles. The molecule has 4 aromatic rings. The van der Waals surface area contributed by atoms with E-state index in [0.717, 1.165) is 46.3 Å². The van der Waals surface area contributed by atoms with Crippen molar-refractivity contribution in [3.8, 4) is 22.6 Å². The Morgan fingerprint density at radius 2 is 1.43 bits per heavy atom. The summed E-state index contributed by atoms with van der Waals surface area (Å²) < 4.78 is 0. The minimum absolute atomic E-state index is 0.390. The van der Waals surface area contributed by atoms with Gasteiger partial charge in [0.25, 0.3) is 0 Å². The summed E-state index contributed by atoms with van der Waals surface area (Å²) >= 11 is 0. The van der Waals surface area contributed by atoms with Crippen LogP contribution in [0.25, 0.3) is 27.8 Å². The lowest BCUT2D eigenvalue weighted by Crippen LogP contribution is -2.07. The number of phenols is 1. The largest absolute Gasteiger partial charge is 0.507 e. The van der Waals surface area contributed by atoms with Crippen LogP contribution in [0, 0.1) is 0 Å². The van der Waals surface area contributed by atoms with Gasteiger partial charge >= 0.3 is 0 Å². The highest BCUT2D eigenvalue weighted by molar-refractivity contribution is 5.76. The molecule has 0 radical (unpaired) electrons. The van der Waals surface area contributed by atoms with Crippen molar-refractivity contribution in [3.05, 3.63) is 72.3 Å². The average molecular weight is 369 g/mol. The summed E-state index contributed by atoms with van der Waals surface area (Å²) in [5, 5.41) is 20.5. The third-order valence-corrected chi connectivity index (χ3v) is 5.77. The van der Waals surface area contributed by atoms with Crippen LogP contribution in [0.4, 0.5) is 0 Å². The number of aromatic hydroxyl groups is 1.